The Bertz CT molecular complexity index is 366. The van der Waals surface area contributed by atoms with Gasteiger partial charge in [0.2, 0.25) is 5.60 Å². The van der Waals surface area contributed by atoms with E-state index in [1.54, 1.807) is 26.7 Å². The monoisotopic (exact) mass is 257 g/mol. The van der Waals surface area contributed by atoms with Crippen molar-refractivity contribution >= 4 is 12.1 Å². The summed E-state index contributed by atoms with van der Waals surface area (Å²) in [5.41, 5.74) is -2.91. The number of terminal acetylenes is 1. The SMILES string of the molecule is C#CC(O)(CCN(C)C(=O)OC(C)(C)C)C(=O)O. The van der Waals surface area contributed by atoms with E-state index in [4.69, 9.17) is 16.3 Å². The maximum absolute atomic E-state index is 11.6. The number of aliphatic hydroxyl groups is 1. The number of carboxylic acid groups (broad SMARTS) is 1. The molecule has 1 unspecified atom stereocenters. The Hall–Kier alpha value is -1.74. The molecule has 0 saturated heterocycles. The van der Waals surface area contributed by atoms with Gasteiger partial charge < -0.3 is 19.8 Å². The van der Waals surface area contributed by atoms with Crippen molar-refractivity contribution in [2.24, 2.45) is 0 Å². The zero-order chi connectivity index (χ0) is 14.6. The molecule has 102 valence electrons. The summed E-state index contributed by atoms with van der Waals surface area (Å²) in [6.45, 7) is 5.12. The number of amides is 1. The average molecular weight is 257 g/mol. The van der Waals surface area contributed by atoms with Crippen LogP contribution < -0.4 is 0 Å². The van der Waals surface area contributed by atoms with Crippen LogP contribution in [-0.4, -0.2) is 52.0 Å². The quantitative estimate of drug-likeness (QED) is 0.724. The molecule has 0 fully saturated rings. The molecule has 18 heavy (non-hydrogen) atoms. The summed E-state index contributed by atoms with van der Waals surface area (Å²) in [5, 5.41) is 18.3. The van der Waals surface area contributed by atoms with Crippen molar-refractivity contribution in [3.05, 3.63) is 0 Å². The van der Waals surface area contributed by atoms with Gasteiger partial charge in [-0.3, -0.25) is 0 Å². The molecule has 0 spiro atoms. The fourth-order valence-electron chi connectivity index (χ4n) is 1.00. The number of aliphatic carboxylic acids is 1. The molecule has 0 rings (SSSR count). The normalized spacial score (nSPS) is 14.2. The third-order valence-corrected chi connectivity index (χ3v) is 2.11. The summed E-state index contributed by atoms with van der Waals surface area (Å²) in [4.78, 5) is 23.5. The Kier molecular flexibility index (Phi) is 5.18. The lowest BCUT2D eigenvalue weighted by molar-refractivity contribution is -0.153. The van der Waals surface area contributed by atoms with Gasteiger partial charge in [0.15, 0.2) is 0 Å². The van der Waals surface area contributed by atoms with Crippen LogP contribution in [0.25, 0.3) is 0 Å². The summed E-state index contributed by atoms with van der Waals surface area (Å²) < 4.78 is 5.07. The molecule has 0 bridgehead atoms. The van der Waals surface area contributed by atoms with Gasteiger partial charge in [-0.25, -0.2) is 9.59 Å². The van der Waals surface area contributed by atoms with Crippen LogP contribution in [0.1, 0.15) is 27.2 Å². The van der Waals surface area contributed by atoms with Crippen LogP contribution in [0, 0.1) is 12.3 Å². The van der Waals surface area contributed by atoms with Crippen LogP contribution >= 0.6 is 0 Å². The van der Waals surface area contributed by atoms with E-state index in [-0.39, 0.29) is 13.0 Å². The predicted molar refractivity (Wildman–Crippen MR) is 64.9 cm³/mol. The highest BCUT2D eigenvalue weighted by Crippen LogP contribution is 2.13. The Morgan fingerprint density at radius 3 is 2.22 bits per heavy atom. The second kappa shape index (κ2) is 5.74. The summed E-state index contributed by atoms with van der Waals surface area (Å²) in [5.74, 6) is 0.286. The molecular formula is C12H19NO5. The van der Waals surface area contributed by atoms with Crippen LogP contribution in [0.15, 0.2) is 0 Å². The number of rotatable bonds is 4. The van der Waals surface area contributed by atoms with Gasteiger partial charge in [0, 0.05) is 20.0 Å². The fraction of sp³-hybridized carbons (Fsp3) is 0.667. The van der Waals surface area contributed by atoms with E-state index < -0.39 is 23.3 Å². The molecule has 6 heteroatoms. The highest BCUT2D eigenvalue weighted by atomic mass is 16.6. The van der Waals surface area contributed by atoms with E-state index in [9.17, 15) is 14.7 Å². The standard InChI is InChI=1S/C12H19NO5/c1-6-12(17,9(14)15)7-8-13(5)10(16)18-11(2,3)4/h1,17H,7-8H2,2-5H3,(H,14,15). The minimum atomic E-state index is -2.27. The molecule has 1 atom stereocenters. The smallest absolute Gasteiger partial charge is 0.410 e. The molecule has 0 saturated carbocycles. The Morgan fingerprint density at radius 2 is 1.89 bits per heavy atom. The molecule has 2 N–H and O–H groups in total. The number of carboxylic acids is 1. The van der Waals surface area contributed by atoms with Gasteiger partial charge >= 0.3 is 12.1 Å². The molecular weight excluding hydrogens is 238 g/mol. The maximum Gasteiger partial charge on any atom is 0.410 e. The third-order valence-electron chi connectivity index (χ3n) is 2.11. The first kappa shape index (κ1) is 16.3. The fourth-order valence-corrected chi connectivity index (χ4v) is 1.00. The lowest BCUT2D eigenvalue weighted by atomic mass is 10.0. The van der Waals surface area contributed by atoms with E-state index >= 15 is 0 Å². The van der Waals surface area contributed by atoms with Crippen LogP contribution in [0.2, 0.25) is 0 Å². The number of hydrogen-bond donors (Lipinski definition) is 2. The second-order valence-corrected chi connectivity index (χ2v) is 4.96. The van der Waals surface area contributed by atoms with Crippen LogP contribution in [-0.2, 0) is 9.53 Å². The Labute approximate surface area is 107 Å². The van der Waals surface area contributed by atoms with Gasteiger partial charge in [0.25, 0.3) is 0 Å². The highest BCUT2D eigenvalue weighted by Gasteiger charge is 2.34. The largest absolute Gasteiger partial charge is 0.478 e. The highest BCUT2D eigenvalue weighted by molar-refractivity contribution is 5.81. The summed E-state index contributed by atoms with van der Waals surface area (Å²) in [6, 6.07) is 0. The average Bonchev–Trinajstić information content (AvgIpc) is 2.22. The molecule has 0 aliphatic rings. The summed E-state index contributed by atoms with van der Waals surface area (Å²) >= 11 is 0. The zero-order valence-corrected chi connectivity index (χ0v) is 11.1. The number of hydrogen-bond acceptors (Lipinski definition) is 4. The topological polar surface area (TPSA) is 87.1 Å². The van der Waals surface area contributed by atoms with Gasteiger partial charge in [-0.05, 0) is 20.8 Å². The molecule has 0 heterocycles. The molecule has 1 amide bonds. The molecule has 0 aliphatic heterocycles. The third kappa shape index (κ3) is 5.06. The number of carbonyl (C=O) groups excluding carboxylic acids is 1. The minimum absolute atomic E-state index is 0.0259. The van der Waals surface area contributed by atoms with Gasteiger partial charge in [-0.2, -0.15) is 0 Å². The molecule has 0 aliphatic carbocycles. The van der Waals surface area contributed by atoms with Crippen LogP contribution in [0.3, 0.4) is 0 Å². The molecule has 0 aromatic heterocycles. The van der Waals surface area contributed by atoms with Gasteiger partial charge in [0.05, 0.1) is 0 Å². The van der Waals surface area contributed by atoms with E-state index in [2.05, 4.69) is 0 Å². The number of nitrogens with zero attached hydrogens (tertiary/aromatic N) is 1. The minimum Gasteiger partial charge on any atom is -0.478 e. The maximum atomic E-state index is 11.6. The van der Waals surface area contributed by atoms with Gasteiger partial charge in [0.1, 0.15) is 5.60 Å². The van der Waals surface area contributed by atoms with Crippen molar-refractivity contribution in [1.82, 2.24) is 4.90 Å². The predicted octanol–water partition coefficient (Wildman–Crippen LogP) is 0.692. The van der Waals surface area contributed by atoms with Crippen molar-refractivity contribution in [1.29, 1.82) is 0 Å². The van der Waals surface area contributed by atoms with Gasteiger partial charge in [-0.15, -0.1) is 6.42 Å². The zero-order valence-electron chi connectivity index (χ0n) is 11.1. The van der Waals surface area contributed by atoms with E-state index in [1.807, 2.05) is 0 Å². The summed E-state index contributed by atoms with van der Waals surface area (Å²) in [6.07, 6.45) is 4.08. The van der Waals surface area contributed by atoms with Crippen LogP contribution in [0.5, 0.6) is 0 Å². The molecule has 0 radical (unpaired) electrons. The number of carbonyl (C=O) groups is 2. The number of ether oxygens (including phenoxy) is 1. The van der Waals surface area contributed by atoms with Crippen LogP contribution in [0.4, 0.5) is 4.79 Å². The van der Waals surface area contributed by atoms with E-state index in [0.717, 1.165) is 4.90 Å². The Balaban J connectivity index is 4.44. The Morgan fingerprint density at radius 1 is 1.39 bits per heavy atom. The van der Waals surface area contributed by atoms with Crippen molar-refractivity contribution in [3.8, 4) is 12.3 Å². The first-order valence-corrected chi connectivity index (χ1v) is 5.39. The molecule has 0 aromatic carbocycles. The first-order valence-electron chi connectivity index (χ1n) is 5.39. The molecule has 0 aromatic rings. The first-order chi connectivity index (χ1) is 8.02. The second-order valence-electron chi connectivity index (χ2n) is 4.96. The summed E-state index contributed by atoms with van der Waals surface area (Å²) in [7, 11) is 1.44. The van der Waals surface area contributed by atoms with E-state index in [1.165, 1.54) is 7.05 Å². The van der Waals surface area contributed by atoms with Crippen molar-refractivity contribution in [3.63, 3.8) is 0 Å². The van der Waals surface area contributed by atoms with Crippen molar-refractivity contribution in [2.45, 2.75) is 38.4 Å². The van der Waals surface area contributed by atoms with Crippen molar-refractivity contribution < 1.29 is 24.5 Å². The van der Waals surface area contributed by atoms with Crippen molar-refractivity contribution in [2.75, 3.05) is 13.6 Å². The molecule has 6 nitrogen and oxygen atoms in total. The lowest BCUT2D eigenvalue weighted by Crippen LogP contribution is -2.42. The van der Waals surface area contributed by atoms with Gasteiger partial charge in [-0.1, -0.05) is 5.92 Å². The lowest BCUT2D eigenvalue weighted by Gasteiger charge is -2.26. The van der Waals surface area contributed by atoms with E-state index in [0.29, 0.717) is 0 Å².